The lowest BCUT2D eigenvalue weighted by Crippen LogP contribution is -2.57. The number of ether oxygens (including phenoxy) is 1. The van der Waals surface area contributed by atoms with E-state index in [0.29, 0.717) is 39.1 Å². The number of aromatic nitrogens is 2. The summed E-state index contributed by atoms with van der Waals surface area (Å²) in [7, 11) is 0. The van der Waals surface area contributed by atoms with Gasteiger partial charge < -0.3 is 20.4 Å². The molecule has 1 aliphatic heterocycles. The number of nitrogens with two attached hydrogens (primary N) is 1. The molecule has 1 amide bonds. The molecule has 0 spiro atoms. The quantitative estimate of drug-likeness (QED) is 0.865. The minimum Gasteiger partial charge on any atom is -0.381 e. The minimum absolute atomic E-state index is 0. The number of carbonyl (C=O) groups excluding carboxylic acids is 1. The molecule has 0 radical (unpaired) electrons. The van der Waals surface area contributed by atoms with Gasteiger partial charge in [0.25, 0.3) is 0 Å². The summed E-state index contributed by atoms with van der Waals surface area (Å²) in [6.45, 7) is 2.32. The Balaban J connectivity index is 0.00000132. The van der Waals surface area contributed by atoms with Crippen molar-refractivity contribution in [2.75, 3.05) is 19.8 Å². The van der Waals surface area contributed by atoms with Crippen molar-refractivity contribution in [2.45, 2.75) is 24.9 Å². The fraction of sp³-hybridized carbons (Fsp3) is 0.467. The Morgan fingerprint density at radius 3 is 2.74 bits per heavy atom. The number of hydrogen-bond donors (Lipinski definition) is 2. The van der Waals surface area contributed by atoms with Crippen LogP contribution in [-0.2, 0) is 16.1 Å². The van der Waals surface area contributed by atoms with Crippen LogP contribution in [0.1, 0.15) is 12.8 Å². The lowest BCUT2D eigenvalue weighted by atomic mass is 9.90. The maximum absolute atomic E-state index is 12.2. The van der Waals surface area contributed by atoms with E-state index in [1.807, 2.05) is 28.8 Å². The number of para-hydroxylation sites is 2. The van der Waals surface area contributed by atoms with E-state index in [-0.39, 0.29) is 30.7 Å². The molecule has 1 aromatic heterocycles. The third-order valence-electron chi connectivity index (χ3n) is 4.00. The second kappa shape index (κ2) is 8.49. The highest BCUT2D eigenvalue weighted by Crippen LogP contribution is 2.17. The summed E-state index contributed by atoms with van der Waals surface area (Å²) in [5.74, 6) is -0.0878. The van der Waals surface area contributed by atoms with Gasteiger partial charge in [-0.05, 0) is 25.0 Å². The molecule has 3 N–H and O–H groups in total. The van der Waals surface area contributed by atoms with Crippen molar-refractivity contribution in [2.24, 2.45) is 5.73 Å². The first kappa shape index (κ1) is 19.7. The number of rotatable bonds is 4. The van der Waals surface area contributed by atoms with Crippen molar-refractivity contribution < 1.29 is 9.53 Å². The molecule has 1 fully saturated rings. The fourth-order valence-electron chi connectivity index (χ4n) is 2.62. The van der Waals surface area contributed by atoms with Gasteiger partial charge in [-0.25, -0.2) is 4.98 Å². The molecule has 128 valence electrons. The van der Waals surface area contributed by atoms with E-state index in [1.165, 1.54) is 0 Å². The Labute approximate surface area is 147 Å². The van der Waals surface area contributed by atoms with Crippen LogP contribution in [0.2, 0.25) is 0 Å². The third kappa shape index (κ3) is 4.35. The Hall–Kier alpha value is -1.34. The van der Waals surface area contributed by atoms with E-state index in [2.05, 4.69) is 10.3 Å². The molecule has 0 saturated carbocycles. The van der Waals surface area contributed by atoms with E-state index in [0.717, 1.165) is 11.0 Å². The predicted octanol–water partition coefficient (Wildman–Crippen LogP) is 1.50. The first-order valence-electron chi connectivity index (χ1n) is 7.24. The number of imidazole rings is 1. The monoisotopic (exact) mass is 360 g/mol. The van der Waals surface area contributed by atoms with Crippen LogP contribution in [0.25, 0.3) is 11.0 Å². The Morgan fingerprint density at radius 2 is 2.00 bits per heavy atom. The number of hydrogen-bond acceptors (Lipinski definition) is 4. The van der Waals surface area contributed by atoms with Gasteiger partial charge >= 0.3 is 0 Å². The number of benzene rings is 1. The van der Waals surface area contributed by atoms with Crippen LogP contribution in [-0.4, -0.2) is 40.8 Å². The van der Waals surface area contributed by atoms with Gasteiger partial charge in [-0.1, -0.05) is 12.1 Å². The minimum atomic E-state index is -0.782. The molecule has 2 aromatic rings. The zero-order chi connectivity index (χ0) is 14.7. The number of nitrogens with one attached hydrogen (secondary N) is 1. The highest BCUT2D eigenvalue weighted by Gasteiger charge is 2.35. The van der Waals surface area contributed by atoms with Gasteiger partial charge in [0, 0.05) is 26.3 Å². The zero-order valence-electron chi connectivity index (χ0n) is 12.7. The second-order valence-electron chi connectivity index (χ2n) is 5.45. The zero-order valence-corrected chi connectivity index (χ0v) is 14.4. The van der Waals surface area contributed by atoms with E-state index in [4.69, 9.17) is 10.5 Å². The summed E-state index contributed by atoms with van der Waals surface area (Å²) in [6, 6.07) is 7.94. The molecule has 1 aliphatic rings. The first-order valence-corrected chi connectivity index (χ1v) is 7.24. The van der Waals surface area contributed by atoms with E-state index >= 15 is 0 Å². The molecule has 6 nitrogen and oxygen atoms in total. The van der Waals surface area contributed by atoms with Crippen LogP contribution in [0.3, 0.4) is 0 Å². The van der Waals surface area contributed by atoms with Gasteiger partial charge in [-0.2, -0.15) is 0 Å². The van der Waals surface area contributed by atoms with Crippen molar-refractivity contribution >= 4 is 41.8 Å². The van der Waals surface area contributed by atoms with Gasteiger partial charge in [-0.15, -0.1) is 24.8 Å². The molecular formula is C15H22Cl2N4O2. The average Bonchev–Trinajstić information content (AvgIpc) is 2.91. The van der Waals surface area contributed by atoms with Crippen LogP contribution in [0.15, 0.2) is 30.6 Å². The summed E-state index contributed by atoms with van der Waals surface area (Å²) in [4.78, 5) is 16.5. The first-order chi connectivity index (χ1) is 10.2. The average molecular weight is 361 g/mol. The van der Waals surface area contributed by atoms with Gasteiger partial charge in [0.15, 0.2) is 0 Å². The number of carbonyl (C=O) groups is 1. The predicted molar refractivity (Wildman–Crippen MR) is 94.2 cm³/mol. The van der Waals surface area contributed by atoms with Crippen molar-refractivity contribution in [3.05, 3.63) is 30.6 Å². The van der Waals surface area contributed by atoms with Crippen LogP contribution in [0.5, 0.6) is 0 Å². The lowest BCUT2D eigenvalue weighted by molar-refractivity contribution is -0.129. The van der Waals surface area contributed by atoms with Crippen molar-refractivity contribution in [1.82, 2.24) is 14.9 Å². The maximum atomic E-state index is 12.2. The fourth-order valence-corrected chi connectivity index (χ4v) is 2.62. The topological polar surface area (TPSA) is 82.2 Å². The summed E-state index contributed by atoms with van der Waals surface area (Å²) in [5.41, 5.74) is 7.39. The van der Waals surface area contributed by atoms with Gasteiger partial charge in [-0.3, -0.25) is 4.79 Å². The number of amides is 1. The van der Waals surface area contributed by atoms with Gasteiger partial charge in [0.1, 0.15) is 0 Å². The van der Waals surface area contributed by atoms with Crippen LogP contribution in [0.4, 0.5) is 0 Å². The summed E-state index contributed by atoms with van der Waals surface area (Å²) in [5, 5.41) is 2.93. The highest BCUT2D eigenvalue weighted by molar-refractivity contribution is 5.86. The Morgan fingerprint density at radius 1 is 1.30 bits per heavy atom. The molecule has 1 aromatic carbocycles. The maximum Gasteiger partial charge on any atom is 0.240 e. The third-order valence-corrected chi connectivity index (χ3v) is 4.00. The summed E-state index contributed by atoms with van der Waals surface area (Å²) < 4.78 is 7.28. The molecule has 0 aliphatic carbocycles. The molecule has 0 bridgehead atoms. The molecule has 8 heteroatoms. The second-order valence-corrected chi connectivity index (χ2v) is 5.45. The number of nitrogens with zero attached hydrogens (tertiary/aromatic N) is 2. The number of fused-ring (bicyclic) bond motifs is 1. The van der Waals surface area contributed by atoms with E-state index in [1.54, 1.807) is 6.33 Å². The summed E-state index contributed by atoms with van der Waals surface area (Å²) in [6.07, 6.45) is 2.95. The summed E-state index contributed by atoms with van der Waals surface area (Å²) >= 11 is 0. The Kier molecular flexibility index (Phi) is 7.28. The van der Waals surface area contributed by atoms with Crippen molar-refractivity contribution in [3.8, 4) is 0 Å². The standard InChI is InChI=1S/C15H20N4O2.2ClH/c16-15(5-9-21-10-6-15)14(20)17-7-8-19-11-18-12-3-1-2-4-13(12)19;;/h1-4,11H,5-10,16H2,(H,17,20);2*1H. The van der Waals surface area contributed by atoms with Crippen LogP contribution < -0.4 is 11.1 Å². The highest BCUT2D eigenvalue weighted by atomic mass is 35.5. The largest absolute Gasteiger partial charge is 0.381 e. The normalized spacial score (nSPS) is 16.2. The molecule has 0 unspecified atom stereocenters. The smallest absolute Gasteiger partial charge is 0.240 e. The molecular weight excluding hydrogens is 339 g/mol. The lowest BCUT2D eigenvalue weighted by Gasteiger charge is -2.31. The molecule has 23 heavy (non-hydrogen) atoms. The van der Waals surface area contributed by atoms with Gasteiger partial charge in [0.2, 0.25) is 5.91 Å². The van der Waals surface area contributed by atoms with E-state index < -0.39 is 5.54 Å². The number of halogens is 2. The molecule has 2 heterocycles. The van der Waals surface area contributed by atoms with E-state index in [9.17, 15) is 4.79 Å². The van der Waals surface area contributed by atoms with Gasteiger partial charge in [0.05, 0.1) is 22.9 Å². The molecule has 0 atom stereocenters. The van der Waals surface area contributed by atoms with Crippen molar-refractivity contribution in [3.63, 3.8) is 0 Å². The van der Waals surface area contributed by atoms with Crippen LogP contribution in [0, 0.1) is 0 Å². The van der Waals surface area contributed by atoms with Crippen LogP contribution >= 0.6 is 24.8 Å². The Bertz CT molecular complexity index is 641. The SMILES string of the molecule is Cl.Cl.NC1(C(=O)NCCn2cnc3ccccc32)CCOCC1. The molecule has 1 saturated heterocycles. The molecule has 3 rings (SSSR count). The van der Waals surface area contributed by atoms with Crippen molar-refractivity contribution in [1.29, 1.82) is 0 Å².